The van der Waals surface area contributed by atoms with E-state index in [-0.39, 0.29) is 5.91 Å². The molecule has 28 heavy (non-hydrogen) atoms. The smallest absolute Gasteiger partial charge is 0.253 e. The van der Waals surface area contributed by atoms with Crippen molar-refractivity contribution in [1.82, 2.24) is 10.3 Å². The van der Waals surface area contributed by atoms with Crippen LogP contribution in [0.4, 0.5) is 5.69 Å². The lowest BCUT2D eigenvalue weighted by molar-refractivity contribution is 0.0947. The molecule has 1 N–H and O–H groups in total. The number of benzene rings is 2. The molecule has 1 atom stereocenters. The largest absolute Gasteiger partial charge is 0.497 e. The maximum atomic E-state index is 12.8. The van der Waals surface area contributed by atoms with Gasteiger partial charge in [0.15, 0.2) is 0 Å². The second-order valence-corrected chi connectivity index (χ2v) is 7.33. The number of anilines is 1. The highest BCUT2D eigenvalue weighted by atomic mass is 16.5. The Hall–Kier alpha value is -3.08. The zero-order chi connectivity index (χ0) is 19.5. The molecule has 5 nitrogen and oxygen atoms in total. The van der Waals surface area contributed by atoms with Crippen LogP contribution in [0.2, 0.25) is 0 Å². The van der Waals surface area contributed by atoms with E-state index in [1.165, 1.54) is 5.69 Å². The van der Waals surface area contributed by atoms with Crippen LogP contribution in [0.1, 0.15) is 22.5 Å². The second kappa shape index (κ2) is 7.89. The molecule has 0 radical (unpaired) electrons. The van der Waals surface area contributed by atoms with E-state index >= 15 is 0 Å². The number of pyridine rings is 1. The molecule has 0 aliphatic carbocycles. The summed E-state index contributed by atoms with van der Waals surface area (Å²) in [6.07, 6.45) is 1.08. The van der Waals surface area contributed by atoms with Crippen LogP contribution < -0.4 is 15.0 Å². The number of fused-ring (bicyclic) bond motifs is 1. The molecular weight excluding hydrogens is 350 g/mol. The predicted molar refractivity (Wildman–Crippen MR) is 112 cm³/mol. The highest BCUT2D eigenvalue weighted by Crippen LogP contribution is 2.24. The number of aromatic nitrogens is 1. The molecule has 0 spiro atoms. The van der Waals surface area contributed by atoms with Gasteiger partial charge in [-0.15, -0.1) is 0 Å². The average molecular weight is 375 g/mol. The van der Waals surface area contributed by atoms with Gasteiger partial charge in [0.25, 0.3) is 5.91 Å². The third kappa shape index (κ3) is 3.79. The van der Waals surface area contributed by atoms with E-state index in [9.17, 15) is 4.79 Å². The van der Waals surface area contributed by atoms with Gasteiger partial charge in [-0.05, 0) is 55.7 Å². The van der Waals surface area contributed by atoms with Gasteiger partial charge in [-0.3, -0.25) is 9.78 Å². The van der Waals surface area contributed by atoms with Crippen molar-refractivity contribution in [3.05, 3.63) is 65.9 Å². The molecular formula is C23H25N3O2. The van der Waals surface area contributed by atoms with E-state index in [0.717, 1.165) is 41.9 Å². The van der Waals surface area contributed by atoms with Crippen molar-refractivity contribution in [2.24, 2.45) is 5.92 Å². The van der Waals surface area contributed by atoms with Gasteiger partial charge in [0.1, 0.15) is 5.75 Å². The van der Waals surface area contributed by atoms with Gasteiger partial charge < -0.3 is 15.0 Å². The Labute approximate surface area is 165 Å². The molecule has 0 saturated carbocycles. The first kappa shape index (κ1) is 18.3. The number of rotatable bonds is 5. The molecule has 4 rings (SSSR count). The lowest BCUT2D eigenvalue weighted by Gasteiger charge is -2.18. The lowest BCUT2D eigenvalue weighted by Crippen LogP contribution is -2.31. The Morgan fingerprint density at radius 2 is 2.04 bits per heavy atom. The molecule has 1 fully saturated rings. The first-order valence-electron chi connectivity index (χ1n) is 9.67. The number of nitrogens with one attached hydrogen (secondary N) is 1. The van der Waals surface area contributed by atoms with Gasteiger partial charge in [0.05, 0.1) is 23.9 Å². The quantitative estimate of drug-likeness (QED) is 0.737. The van der Waals surface area contributed by atoms with Crippen molar-refractivity contribution in [1.29, 1.82) is 0 Å². The summed E-state index contributed by atoms with van der Waals surface area (Å²) in [4.78, 5) is 19.7. The average Bonchev–Trinajstić information content (AvgIpc) is 3.21. The number of hydrogen-bond acceptors (Lipinski definition) is 4. The predicted octanol–water partition coefficient (Wildman–Crippen LogP) is 3.81. The summed E-state index contributed by atoms with van der Waals surface area (Å²) < 4.78 is 5.28. The van der Waals surface area contributed by atoms with Crippen LogP contribution in [-0.2, 0) is 0 Å². The summed E-state index contributed by atoms with van der Waals surface area (Å²) in [5.74, 6) is 1.15. The van der Waals surface area contributed by atoms with Crippen LogP contribution in [0.15, 0.2) is 54.6 Å². The molecule has 0 unspecified atom stereocenters. The number of amides is 1. The van der Waals surface area contributed by atoms with Crippen molar-refractivity contribution < 1.29 is 9.53 Å². The van der Waals surface area contributed by atoms with Crippen molar-refractivity contribution >= 4 is 22.5 Å². The summed E-state index contributed by atoms with van der Waals surface area (Å²) in [6, 6.07) is 18.1. The van der Waals surface area contributed by atoms with Crippen molar-refractivity contribution in [3.8, 4) is 5.75 Å². The standard InChI is InChI=1S/C23H25N3O2/c1-16-21(13-18-12-20(28-2)8-9-22(18)25-16)23(27)24-14-17-10-11-26(15-17)19-6-4-3-5-7-19/h3-9,12-13,17H,10-11,14-15H2,1-2H3,(H,24,27)/t17-/m1/s1. The van der Waals surface area contributed by atoms with E-state index in [0.29, 0.717) is 18.0 Å². The van der Waals surface area contributed by atoms with Gasteiger partial charge >= 0.3 is 0 Å². The highest BCUT2D eigenvalue weighted by molar-refractivity contribution is 5.98. The fourth-order valence-electron chi connectivity index (χ4n) is 3.81. The number of aryl methyl sites for hydroxylation is 1. The number of hydrogen-bond donors (Lipinski definition) is 1. The monoisotopic (exact) mass is 375 g/mol. The normalized spacial score (nSPS) is 16.4. The summed E-state index contributed by atoms with van der Waals surface area (Å²) in [7, 11) is 1.64. The summed E-state index contributed by atoms with van der Waals surface area (Å²) in [5, 5.41) is 4.02. The Bertz CT molecular complexity index is 988. The summed E-state index contributed by atoms with van der Waals surface area (Å²) in [5.41, 5.74) is 3.48. The Morgan fingerprint density at radius 1 is 1.21 bits per heavy atom. The third-order valence-electron chi connectivity index (χ3n) is 5.42. The molecule has 2 aromatic carbocycles. The van der Waals surface area contributed by atoms with Crippen molar-refractivity contribution in [2.75, 3.05) is 31.6 Å². The second-order valence-electron chi connectivity index (χ2n) is 7.33. The molecule has 1 amide bonds. The van der Waals surface area contributed by atoms with Gasteiger partial charge in [0.2, 0.25) is 0 Å². The molecule has 144 valence electrons. The molecule has 2 heterocycles. The van der Waals surface area contributed by atoms with E-state index in [2.05, 4.69) is 39.5 Å². The van der Waals surface area contributed by atoms with Crippen LogP contribution in [0.3, 0.4) is 0 Å². The molecule has 1 saturated heterocycles. The van der Waals surface area contributed by atoms with Crippen LogP contribution in [0, 0.1) is 12.8 Å². The highest BCUT2D eigenvalue weighted by Gasteiger charge is 2.23. The molecule has 1 aliphatic rings. The van der Waals surface area contributed by atoms with E-state index < -0.39 is 0 Å². The molecule has 1 aromatic heterocycles. The van der Waals surface area contributed by atoms with Crippen LogP contribution in [0.25, 0.3) is 10.9 Å². The number of nitrogens with zero attached hydrogens (tertiary/aromatic N) is 2. The fraction of sp³-hybridized carbons (Fsp3) is 0.304. The van der Waals surface area contributed by atoms with Crippen molar-refractivity contribution in [3.63, 3.8) is 0 Å². The number of ether oxygens (including phenoxy) is 1. The zero-order valence-corrected chi connectivity index (χ0v) is 16.3. The van der Waals surface area contributed by atoms with Crippen molar-refractivity contribution in [2.45, 2.75) is 13.3 Å². The summed E-state index contributed by atoms with van der Waals surface area (Å²) >= 11 is 0. The Balaban J connectivity index is 1.42. The minimum absolute atomic E-state index is 0.0621. The maximum Gasteiger partial charge on any atom is 0.253 e. The number of para-hydroxylation sites is 1. The number of methoxy groups -OCH3 is 1. The van der Waals surface area contributed by atoms with Gasteiger partial charge in [-0.25, -0.2) is 0 Å². The van der Waals surface area contributed by atoms with Crippen LogP contribution in [0.5, 0.6) is 5.75 Å². The first-order chi connectivity index (χ1) is 13.6. The van der Waals surface area contributed by atoms with E-state index in [4.69, 9.17) is 4.74 Å². The topological polar surface area (TPSA) is 54.5 Å². The summed E-state index contributed by atoms with van der Waals surface area (Å²) in [6.45, 7) is 4.56. The Morgan fingerprint density at radius 3 is 2.82 bits per heavy atom. The minimum atomic E-state index is -0.0621. The fourth-order valence-corrected chi connectivity index (χ4v) is 3.81. The molecule has 5 heteroatoms. The molecule has 1 aliphatic heterocycles. The lowest BCUT2D eigenvalue weighted by atomic mass is 10.1. The first-order valence-corrected chi connectivity index (χ1v) is 9.67. The maximum absolute atomic E-state index is 12.8. The van der Waals surface area contributed by atoms with Crippen LogP contribution in [-0.4, -0.2) is 37.6 Å². The van der Waals surface area contributed by atoms with Gasteiger partial charge in [0, 0.05) is 30.7 Å². The van der Waals surface area contributed by atoms with Gasteiger partial charge in [-0.1, -0.05) is 18.2 Å². The Kier molecular flexibility index (Phi) is 5.15. The minimum Gasteiger partial charge on any atom is -0.497 e. The molecule has 3 aromatic rings. The zero-order valence-electron chi connectivity index (χ0n) is 16.3. The van der Waals surface area contributed by atoms with E-state index in [1.807, 2.05) is 37.3 Å². The molecule has 0 bridgehead atoms. The number of carbonyl (C=O) groups is 1. The van der Waals surface area contributed by atoms with Gasteiger partial charge in [-0.2, -0.15) is 0 Å². The van der Waals surface area contributed by atoms with E-state index in [1.54, 1.807) is 7.11 Å². The number of carbonyl (C=O) groups excluding carboxylic acids is 1. The SMILES string of the molecule is COc1ccc2nc(C)c(C(=O)NC[C@H]3CCN(c4ccccc4)C3)cc2c1. The third-order valence-corrected chi connectivity index (χ3v) is 5.42. The van der Waals surface area contributed by atoms with Crippen LogP contribution >= 0.6 is 0 Å².